The van der Waals surface area contributed by atoms with Gasteiger partial charge in [-0.15, -0.1) is 0 Å². The second-order valence-electron chi connectivity index (χ2n) is 7.81. The highest BCUT2D eigenvalue weighted by atomic mass is 79.9. The van der Waals surface area contributed by atoms with Crippen LogP contribution in [0.4, 0.5) is 0 Å². The summed E-state index contributed by atoms with van der Waals surface area (Å²) in [5.41, 5.74) is 3.72. The second-order valence-corrected chi connectivity index (χ2v) is 8.73. The highest BCUT2D eigenvalue weighted by molar-refractivity contribution is 9.10. The molecule has 0 spiro atoms. The molecule has 0 radical (unpaired) electrons. The van der Waals surface area contributed by atoms with Crippen molar-refractivity contribution >= 4 is 15.9 Å². The Hall–Kier alpha value is -1.40. The summed E-state index contributed by atoms with van der Waals surface area (Å²) >= 11 is 3.52. The van der Waals surface area contributed by atoms with Crippen LogP contribution in [-0.4, -0.2) is 49.0 Å². The van der Waals surface area contributed by atoms with E-state index in [1.165, 1.54) is 11.1 Å². The molecule has 0 amide bonds. The fraction of sp³-hybridized carbons (Fsp3) is 0.478. The molecule has 2 atom stereocenters. The Labute approximate surface area is 176 Å². The molecule has 4 nitrogen and oxygen atoms in total. The van der Waals surface area contributed by atoms with E-state index in [-0.39, 0.29) is 6.10 Å². The van der Waals surface area contributed by atoms with E-state index in [9.17, 15) is 5.11 Å². The largest absolute Gasteiger partial charge is 0.491 e. The fourth-order valence-electron chi connectivity index (χ4n) is 3.71. The van der Waals surface area contributed by atoms with Gasteiger partial charge >= 0.3 is 0 Å². The quantitative estimate of drug-likeness (QED) is 0.667. The Morgan fingerprint density at radius 2 is 2.07 bits per heavy atom. The number of hydrogen-bond donors (Lipinski definition) is 1. The zero-order valence-electron chi connectivity index (χ0n) is 16.9. The fourth-order valence-corrected chi connectivity index (χ4v) is 4.12. The zero-order valence-corrected chi connectivity index (χ0v) is 18.5. The van der Waals surface area contributed by atoms with Gasteiger partial charge in [-0.25, -0.2) is 0 Å². The predicted octanol–water partition coefficient (Wildman–Crippen LogP) is 4.69. The van der Waals surface area contributed by atoms with Crippen molar-refractivity contribution in [3.8, 4) is 5.75 Å². The van der Waals surface area contributed by atoms with Gasteiger partial charge in [0.1, 0.15) is 18.5 Å². The average molecular weight is 448 g/mol. The number of β-amino-alcohol motifs (C(OH)–C–C–N with tert-alkyl or cyclic N) is 1. The Kier molecular flexibility index (Phi) is 7.52. The predicted molar refractivity (Wildman–Crippen MR) is 116 cm³/mol. The standard InChI is InChI=1S/C23H30BrNO3/c1-16(2)22-8-7-21(11-17(22)3)28-15-20(26)13-25-9-10-27-23(14-25)18-5-4-6-19(24)12-18/h4-8,11-12,16,20,23,26H,9-10,13-15H2,1-3H3. The molecular weight excluding hydrogens is 418 g/mol. The molecule has 1 saturated heterocycles. The van der Waals surface area contributed by atoms with Crippen LogP contribution < -0.4 is 4.74 Å². The smallest absolute Gasteiger partial charge is 0.119 e. The molecule has 0 bridgehead atoms. The van der Waals surface area contributed by atoms with E-state index in [2.05, 4.69) is 65.9 Å². The average Bonchev–Trinajstić information content (AvgIpc) is 2.66. The molecule has 5 heteroatoms. The number of nitrogens with zero attached hydrogens (tertiary/aromatic N) is 1. The number of rotatable bonds is 7. The van der Waals surface area contributed by atoms with Crippen LogP contribution in [0.15, 0.2) is 46.9 Å². The van der Waals surface area contributed by atoms with E-state index in [1.54, 1.807) is 0 Å². The van der Waals surface area contributed by atoms with Crippen LogP contribution in [0.3, 0.4) is 0 Å². The molecule has 2 aromatic rings. The Balaban J connectivity index is 1.50. The van der Waals surface area contributed by atoms with Crippen molar-refractivity contribution in [1.82, 2.24) is 4.90 Å². The van der Waals surface area contributed by atoms with Gasteiger partial charge in [-0.1, -0.05) is 48.0 Å². The SMILES string of the molecule is Cc1cc(OCC(O)CN2CCOC(c3cccc(Br)c3)C2)ccc1C(C)C. The van der Waals surface area contributed by atoms with Crippen molar-refractivity contribution in [2.45, 2.75) is 38.9 Å². The monoisotopic (exact) mass is 447 g/mol. The van der Waals surface area contributed by atoms with Gasteiger partial charge in [0.05, 0.1) is 12.7 Å². The van der Waals surface area contributed by atoms with Gasteiger partial charge in [-0.05, 0) is 53.8 Å². The highest BCUT2D eigenvalue weighted by Crippen LogP contribution is 2.25. The molecule has 0 aliphatic carbocycles. The van der Waals surface area contributed by atoms with Crippen LogP contribution in [0.5, 0.6) is 5.75 Å². The first-order valence-corrected chi connectivity index (χ1v) is 10.7. The number of benzene rings is 2. The van der Waals surface area contributed by atoms with Crippen LogP contribution in [0, 0.1) is 6.92 Å². The molecule has 0 saturated carbocycles. The first-order chi connectivity index (χ1) is 13.4. The molecule has 152 valence electrons. The maximum atomic E-state index is 10.5. The van der Waals surface area contributed by atoms with E-state index in [0.29, 0.717) is 25.7 Å². The van der Waals surface area contributed by atoms with Crippen LogP contribution in [0.2, 0.25) is 0 Å². The summed E-state index contributed by atoms with van der Waals surface area (Å²) in [6, 6.07) is 14.4. The number of aliphatic hydroxyl groups excluding tert-OH is 1. The number of hydrogen-bond acceptors (Lipinski definition) is 4. The molecule has 1 aliphatic rings. The van der Waals surface area contributed by atoms with Crippen molar-refractivity contribution in [2.24, 2.45) is 0 Å². The lowest BCUT2D eigenvalue weighted by atomic mass is 9.98. The number of ether oxygens (including phenoxy) is 2. The minimum atomic E-state index is -0.536. The Morgan fingerprint density at radius 3 is 2.79 bits per heavy atom. The van der Waals surface area contributed by atoms with Gasteiger partial charge in [0, 0.05) is 24.1 Å². The molecule has 3 rings (SSSR count). The summed E-state index contributed by atoms with van der Waals surface area (Å²) in [5, 5.41) is 10.5. The maximum Gasteiger partial charge on any atom is 0.119 e. The zero-order chi connectivity index (χ0) is 20.1. The summed E-state index contributed by atoms with van der Waals surface area (Å²) < 4.78 is 12.8. The summed E-state index contributed by atoms with van der Waals surface area (Å²) in [4.78, 5) is 2.25. The third-order valence-corrected chi connectivity index (χ3v) is 5.64. The molecule has 28 heavy (non-hydrogen) atoms. The van der Waals surface area contributed by atoms with Crippen LogP contribution in [0.25, 0.3) is 0 Å². The lowest BCUT2D eigenvalue weighted by Gasteiger charge is -2.34. The summed E-state index contributed by atoms with van der Waals surface area (Å²) in [6.07, 6.45) is -0.503. The van der Waals surface area contributed by atoms with Crippen molar-refractivity contribution < 1.29 is 14.6 Å². The third-order valence-electron chi connectivity index (χ3n) is 5.15. The number of aryl methyl sites for hydroxylation is 1. The molecule has 2 aromatic carbocycles. The molecule has 2 unspecified atom stereocenters. The van der Waals surface area contributed by atoms with Crippen molar-refractivity contribution in [2.75, 3.05) is 32.8 Å². The minimum absolute atomic E-state index is 0.0330. The van der Waals surface area contributed by atoms with Gasteiger partial charge in [0.15, 0.2) is 0 Å². The first kappa shape index (κ1) is 21.3. The lowest BCUT2D eigenvalue weighted by Crippen LogP contribution is -2.43. The van der Waals surface area contributed by atoms with Crippen molar-refractivity contribution in [1.29, 1.82) is 0 Å². The van der Waals surface area contributed by atoms with E-state index in [0.717, 1.165) is 28.9 Å². The molecule has 1 N–H and O–H groups in total. The first-order valence-electron chi connectivity index (χ1n) is 9.93. The van der Waals surface area contributed by atoms with Gasteiger partial charge in [-0.2, -0.15) is 0 Å². The molecule has 0 aromatic heterocycles. The van der Waals surface area contributed by atoms with E-state index in [1.807, 2.05) is 18.2 Å². The second kappa shape index (κ2) is 9.88. The summed E-state index contributed by atoms with van der Waals surface area (Å²) in [7, 11) is 0. The number of halogens is 1. The van der Waals surface area contributed by atoms with Gasteiger partial charge in [-0.3, -0.25) is 4.90 Å². The Bertz CT molecular complexity index is 780. The summed E-state index contributed by atoms with van der Waals surface area (Å²) in [6.45, 7) is 9.62. The van der Waals surface area contributed by atoms with Crippen LogP contribution in [0.1, 0.15) is 42.6 Å². The van der Waals surface area contributed by atoms with Crippen LogP contribution in [-0.2, 0) is 4.74 Å². The van der Waals surface area contributed by atoms with E-state index < -0.39 is 6.10 Å². The highest BCUT2D eigenvalue weighted by Gasteiger charge is 2.24. The maximum absolute atomic E-state index is 10.5. The van der Waals surface area contributed by atoms with Crippen molar-refractivity contribution in [3.63, 3.8) is 0 Å². The number of morpholine rings is 1. The third kappa shape index (κ3) is 5.80. The van der Waals surface area contributed by atoms with Gasteiger partial charge < -0.3 is 14.6 Å². The normalized spacial score (nSPS) is 19.0. The molecule has 1 fully saturated rings. The van der Waals surface area contributed by atoms with Crippen LogP contribution >= 0.6 is 15.9 Å². The number of aliphatic hydroxyl groups is 1. The lowest BCUT2D eigenvalue weighted by molar-refractivity contribution is -0.0459. The molecular formula is C23H30BrNO3. The molecule has 1 aliphatic heterocycles. The minimum Gasteiger partial charge on any atom is -0.491 e. The van der Waals surface area contributed by atoms with E-state index >= 15 is 0 Å². The Morgan fingerprint density at radius 1 is 1.25 bits per heavy atom. The molecule has 1 heterocycles. The van der Waals surface area contributed by atoms with Gasteiger partial charge in [0.25, 0.3) is 0 Å². The van der Waals surface area contributed by atoms with Crippen molar-refractivity contribution in [3.05, 3.63) is 63.6 Å². The topological polar surface area (TPSA) is 41.9 Å². The van der Waals surface area contributed by atoms with E-state index in [4.69, 9.17) is 9.47 Å². The van der Waals surface area contributed by atoms with Gasteiger partial charge in [0.2, 0.25) is 0 Å². The summed E-state index contributed by atoms with van der Waals surface area (Å²) in [5.74, 6) is 1.31.